The summed E-state index contributed by atoms with van der Waals surface area (Å²) >= 11 is 1.89. The van der Waals surface area contributed by atoms with E-state index in [0.717, 1.165) is 36.7 Å². The van der Waals surface area contributed by atoms with Gasteiger partial charge in [0.05, 0.1) is 6.10 Å². The molecule has 1 fully saturated rings. The zero-order valence-electron chi connectivity index (χ0n) is 9.40. The summed E-state index contributed by atoms with van der Waals surface area (Å²) in [5.41, 5.74) is 0.433. The van der Waals surface area contributed by atoms with Gasteiger partial charge in [-0.2, -0.15) is 11.8 Å². The molecule has 1 unspecified atom stereocenters. The first-order valence-corrected chi connectivity index (χ1v) is 6.75. The molecule has 1 heterocycles. The number of aliphatic hydroxyl groups is 1. The summed E-state index contributed by atoms with van der Waals surface area (Å²) in [7, 11) is 0. The van der Waals surface area contributed by atoms with Gasteiger partial charge in [-0.25, -0.2) is 8.78 Å². The molecule has 1 aromatic rings. The molecule has 1 aliphatic rings. The fourth-order valence-electron chi connectivity index (χ4n) is 1.85. The fourth-order valence-corrected chi connectivity index (χ4v) is 2.83. The Balaban J connectivity index is 1.98. The van der Waals surface area contributed by atoms with E-state index in [1.54, 1.807) is 0 Å². The molecule has 0 aliphatic carbocycles. The number of thioether (sulfide) groups is 1. The van der Waals surface area contributed by atoms with Gasteiger partial charge in [0, 0.05) is 31.1 Å². The van der Waals surface area contributed by atoms with E-state index >= 15 is 0 Å². The van der Waals surface area contributed by atoms with Crippen LogP contribution >= 0.6 is 11.8 Å². The SMILES string of the molecule is OC(CN1CCSCC1)c1ccc(F)c(F)c1. The molecule has 94 valence electrons. The van der Waals surface area contributed by atoms with Crippen LogP contribution in [0.3, 0.4) is 0 Å². The van der Waals surface area contributed by atoms with Crippen LogP contribution in [0.5, 0.6) is 0 Å². The quantitative estimate of drug-likeness (QED) is 0.898. The van der Waals surface area contributed by atoms with E-state index in [-0.39, 0.29) is 0 Å². The molecule has 1 saturated heterocycles. The zero-order valence-corrected chi connectivity index (χ0v) is 10.2. The smallest absolute Gasteiger partial charge is 0.159 e. The number of β-amino-alcohol motifs (C(OH)–C–C–N with tert-alkyl or cyclic N) is 1. The van der Waals surface area contributed by atoms with Gasteiger partial charge in [0.2, 0.25) is 0 Å². The first-order valence-electron chi connectivity index (χ1n) is 5.60. The van der Waals surface area contributed by atoms with Crippen molar-refractivity contribution in [3.05, 3.63) is 35.4 Å². The van der Waals surface area contributed by atoms with Gasteiger partial charge in [0.25, 0.3) is 0 Å². The maximum Gasteiger partial charge on any atom is 0.159 e. The summed E-state index contributed by atoms with van der Waals surface area (Å²) in [5.74, 6) is 0.334. The Morgan fingerprint density at radius 1 is 1.24 bits per heavy atom. The van der Waals surface area contributed by atoms with Crippen molar-refractivity contribution in [2.75, 3.05) is 31.1 Å². The Morgan fingerprint density at radius 3 is 2.59 bits per heavy atom. The molecular formula is C12H15F2NOS. The molecular weight excluding hydrogens is 244 g/mol. The maximum absolute atomic E-state index is 13.0. The van der Waals surface area contributed by atoms with E-state index in [4.69, 9.17) is 0 Å². The number of aliphatic hydroxyl groups excluding tert-OH is 1. The van der Waals surface area contributed by atoms with Crippen LogP contribution in [-0.2, 0) is 0 Å². The summed E-state index contributed by atoms with van der Waals surface area (Å²) in [6, 6.07) is 3.56. The third-order valence-electron chi connectivity index (χ3n) is 2.86. The van der Waals surface area contributed by atoms with Crippen molar-refractivity contribution in [3.8, 4) is 0 Å². The van der Waals surface area contributed by atoms with Crippen molar-refractivity contribution in [1.29, 1.82) is 0 Å². The number of benzene rings is 1. The third kappa shape index (κ3) is 3.40. The van der Waals surface area contributed by atoms with Crippen LogP contribution in [0.2, 0.25) is 0 Å². The average Bonchev–Trinajstić information content (AvgIpc) is 2.34. The van der Waals surface area contributed by atoms with E-state index < -0.39 is 17.7 Å². The average molecular weight is 259 g/mol. The van der Waals surface area contributed by atoms with Gasteiger partial charge in [0.15, 0.2) is 11.6 Å². The van der Waals surface area contributed by atoms with Crippen molar-refractivity contribution in [2.24, 2.45) is 0 Å². The van der Waals surface area contributed by atoms with Crippen molar-refractivity contribution in [1.82, 2.24) is 4.90 Å². The molecule has 2 rings (SSSR count). The first-order chi connectivity index (χ1) is 8.16. The topological polar surface area (TPSA) is 23.5 Å². The highest BCUT2D eigenvalue weighted by Crippen LogP contribution is 2.19. The van der Waals surface area contributed by atoms with E-state index in [9.17, 15) is 13.9 Å². The minimum absolute atomic E-state index is 0.433. The maximum atomic E-state index is 13.0. The molecule has 0 bridgehead atoms. The van der Waals surface area contributed by atoms with Crippen LogP contribution in [0, 0.1) is 11.6 Å². The Hall–Kier alpha value is -0.650. The second-order valence-electron chi connectivity index (χ2n) is 4.10. The number of hydrogen-bond acceptors (Lipinski definition) is 3. The molecule has 0 amide bonds. The standard InChI is InChI=1S/C12H15F2NOS/c13-10-2-1-9(7-11(10)14)12(16)8-15-3-5-17-6-4-15/h1-2,7,12,16H,3-6,8H2. The van der Waals surface area contributed by atoms with E-state index in [2.05, 4.69) is 4.90 Å². The van der Waals surface area contributed by atoms with Crippen molar-refractivity contribution in [3.63, 3.8) is 0 Å². The predicted molar refractivity (Wildman–Crippen MR) is 65.1 cm³/mol. The van der Waals surface area contributed by atoms with Crippen LogP contribution in [0.15, 0.2) is 18.2 Å². The molecule has 1 atom stereocenters. The highest BCUT2D eigenvalue weighted by molar-refractivity contribution is 7.99. The number of hydrogen-bond donors (Lipinski definition) is 1. The molecule has 1 aromatic carbocycles. The molecule has 0 aromatic heterocycles. The second kappa shape index (κ2) is 5.80. The minimum atomic E-state index is -0.907. The monoisotopic (exact) mass is 259 g/mol. The highest BCUT2D eigenvalue weighted by Gasteiger charge is 2.17. The summed E-state index contributed by atoms with van der Waals surface area (Å²) < 4.78 is 25.8. The van der Waals surface area contributed by atoms with Gasteiger partial charge in [0.1, 0.15) is 0 Å². The van der Waals surface area contributed by atoms with Crippen molar-refractivity contribution < 1.29 is 13.9 Å². The van der Waals surface area contributed by atoms with Crippen LogP contribution in [0.25, 0.3) is 0 Å². The Kier molecular flexibility index (Phi) is 4.36. The van der Waals surface area contributed by atoms with Gasteiger partial charge >= 0.3 is 0 Å². The van der Waals surface area contributed by atoms with Gasteiger partial charge in [-0.1, -0.05) is 6.07 Å². The van der Waals surface area contributed by atoms with Gasteiger partial charge in [-0.3, -0.25) is 4.90 Å². The molecule has 2 nitrogen and oxygen atoms in total. The molecule has 17 heavy (non-hydrogen) atoms. The van der Waals surface area contributed by atoms with E-state index in [1.165, 1.54) is 6.07 Å². The van der Waals surface area contributed by atoms with Gasteiger partial charge in [-0.15, -0.1) is 0 Å². The van der Waals surface area contributed by atoms with Crippen molar-refractivity contribution >= 4 is 11.8 Å². The lowest BCUT2D eigenvalue weighted by Crippen LogP contribution is -2.35. The first kappa shape index (κ1) is 12.8. The number of nitrogens with zero attached hydrogens (tertiary/aromatic N) is 1. The normalized spacial score (nSPS) is 19.2. The number of rotatable bonds is 3. The Labute approximate surface area is 104 Å². The molecule has 1 N–H and O–H groups in total. The summed E-state index contributed by atoms with van der Waals surface area (Å²) in [6.45, 7) is 2.35. The van der Waals surface area contributed by atoms with E-state index in [0.29, 0.717) is 12.1 Å². The molecule has 0 saturated carbocycles. The molecule has 1 aliphatic heterocycles. The van der Waals surface area contributed by atoms with Gasteiger partial charge in [-0.05, 0) is 17.7 Å². The lowest BCUT2D eigenvalue weighted by molar-refractivity contribution is 0.118. The summed E-state index contributed by atoms with van der Waals surface area (Å²) in [5, 5.41) is 9.95. The third-order valence-corrected chi connectivity index (χ3v) is 3.81. The minimum Gasteiger partial charge on any atom is -0.387 e. The Bertz CT molecular complexity index is 383. The lowest BCUT2D eigenvalue weighted by Gasteiger charge is -2.28. The number of halogens is 2. The van der Waals surface area contributed by atoms with Crippen LogP contribution in [-0.4, -0.2) is 41.1 Å². The molecule has 0 spiro atoms. The fraction of sp³-hybridized carbons (Fsp3) is 0.500. The van der Waals surface area contributed by atoms with Gasteiger partial charge < -0.3 is 5.11 Å². The Morgan fingerprint density at radius 2 is 1.94 bits per heavy atom. The highest BCUT2D eigenvalue weighted by atomic mass is 32.2. The predicted octanol–water partition coefficient (Wildman–Crippen LogP) is 2.05. The van der Waals surface area contributed by atoms with Crippen LogP contribution in [0.1, 0.15) is 11.7 Å². The second-order valence-corrected chi connectivity index (χ2v) is 5.33. The molecule has 5 heteroatoms. The summed E-state index contributed by atoms with van der Waals surface area (Å²) in [6.07, 6.45) is -0.756. The van der Waals surface area contributed by atoms with Crippen molar-refractivity contribution in [2.45, 2.75) is 6.10 Å². The van der Waals surface area contributed by atoms with Crippen LogP contribution < -0.4 is 0 Å². The summed E-state index contributed by atoms with van der Waals surface area (Å²) in [4.78, 5) is 2.14. The lowest BCUT2D eigenvalue weighted by atomic mass is 10.1. The zero-order chi connectivity index (χ0) is 12.3. The van der Waals surface area contributed by atoms with E-state index in [1.807, 2.05) is 11.8 Å². The molecule has 0 radical (unpaired) electrons. The largest absolute Gasteiger partial charge is 0.387 e. The van der Waals surface area contributed by atoms with Crippen LogP contribution in [0.4, 0.5) is 8.78 Å².